The van der Waals surface area contributed by atoms with Gasteiger partial charge in [-0.15, -0.1) is 0 Å². The van der Waals surface area contributed by atoms with Crippen LogP contribution in [0.1, 0.15) is 0 Å². The van der Waals surface area contributed by atoms with Crippen molar-refractivity contribution in [1.82, 2.24) is 0 Å². The molecular formula is C11H14BrNO3S. The Kier molecular flexibility index (Phi) is 6.39. The molecule has 0 heterocycles. The Morgan fingerprint density at radius 2 is 2.12 bits per heavy atom. The van der Waals surface area contributed by atoms with Crippen molar-refractivity contribution in [3.05, 3.63) is 28.7 Å². The summed E-state index contributed by atoms with van der Waals surface area (Å²) in [4.78, 5) is 10.4. The molecule has 0 aliphatic heterocycles. The highest BCUT2D eigenvalue weighted by molar-refractivity contribution is 9.10. The zero-order valence-electron chi connectivity index (χ0n) is 9.14. The van der Waals surface area contributed by atoms with Crippen LogP contribution in [0.3, 0.4) is 0 Å². The molecule has 1 aromatic rings. The largest absolute Gasteiger partial charge is 0.493 e. The number of hydrogen-bond acceptors (Lipinski definition) is 4. The minimum Gasteiger partial charge on any atom is -0.493 e. The number of ether oxygens (including phenoxy) is 1. The van der Waals surface area contributed by atoms with E-state index in [2.05, 4.69) is 15.9 Å². The molecule has 17 heavy (non-hydrogen) atoms. The van der Waals surface area contributed by atoms with Gasteiger partial charge in [-0.1, -0.05) is 15.9 Å². The predicted molar refractivity (Wildman–Crippen MR) is 72.6 cm³/mol. The number of rotatable bonds is 7. The number of halogens is 1. The van der Waals surface area contributed by atoms with Gasteiger partial charge in [0, 0.05) is 16.0 Å². The number of carboxylic acids is 1. The molecule has 0 radical (unpaired) electrons. The summed E-state index contributed by atoms with van der Waals surface area (Å²) in [7, 11) is 0. The summed E-state index contributed by atoms with van der Waals surface area (Å²) in [6.07, 6.45) is 0. The van der Waals surface area contributed by atoms with Crippen LogP contribution in [0.25, 0.3) is 0 Å². The van der Waals surface area contributed by atoms with E-state index in [1.165, 1.54) is 11.8 Å². The number of benzene rings is 1. The van der Waals surface area contributed by atoms with Crippen LogP contribution in [0.15, 0.2) is 28.7 Å². The Balaban J connectivity index is 2.12. The van der Waals surface area contributed by atoms with Crippen molar-refractivity contribution in [3.8, 4) is 5.75 Å². The van der Waals surface area contributed by atoms with Gasteiger partial charge in [0.2, 0.25) is 0 Å². The maximum absolute atomic E-state index is 10.4. The molecule has 0 aliphatic rings. The summed E-state index contributed by atoms with van der Waals surface area (Å²) in [5, 5.41) is 8.57. The van der Waals surface area contributed by atoms with E-state index in [0.717, 1.165) is 16.0 Å². The third-order valence-electron chi connectivity index (χ3n) is 1.92. The second kappa shape index (κ2) is 7.58. The first kappa shape index (κ1) is 14.3. The number of carbonyl (C=O) groups is 1. The van der Waals surface area contributed by atoms with Gasteiger partial charge in [-0.3, -0.25) is 4.79 Å². The van der Waals surface area contributed by atoms with Crippen LogP contribution in [0.5, 0.6) is 5.75 Å². The Morgan fingerprint density at radius 1 is 1.47 bits per heavy atom. The molecule has 0 saturated carbocycles. The molecule has 0 aliphatic carbocycles. The first-order valence-corrected chi connectivity index (χ1v) is 6.99. The molecule has 3 N–H and O–H groups in total. The third-order valence-corrected chi connectivity index (χ3v) is 3.50. The van der Waals surface area contributed by atoms with E-state index in [1.54, 1.807) is 0 Å². The molecule has 0 bridgehead atoms. The van der Waals surface area contributed by atoms with Crippen molar-refractivity contribution in [2.75, 3.05) is 18.1 Å². The van der Waals surface area contributed by atoms with Gasteiger partial charge in [0.05, 0.1) is 6.61 Å². The molecule has 94 valence electrons. The van der Waals surface area contributed by atoms with Crippen molar-refractivity contribution in [2.24, 2.45) is 5.73 Å². The van der Waals surface area contributed by atoms with Crippen molar-refractivity contribution in [1.29, 1.82) is 0 Å². The summed E-state index contributed by atoms with van der Waals surface area (Å²) in [5.41, 5.74) is 5.36. The lowest BCUT2D eigenvalue weighted by Crippen LogP contribution is -2.32. The van der Waals surface area contributed by atoms with Gasteiger partial charge < -0.3 is 15.6 Å². The van der Waals surface area contributed by atoms with Crippen LogP contribution < -0.4 is 10.5 Å². The molecule has 0 amide bonds. The van der Waals surface area contributed by atoms with Gasteiger partial charge in [-0.25, -0.2) is 0 Å². The van der Waals surface area contributed by atoms with Crippen LogP contribution >= 0.6 is 27.7 Å². The monoisotopic (exact) mass is 319 g/mol. The minimum atomic E-state index is -0.966. The standard InChI is InChI=1S/C11H14BrNO3S/c12-8-1-3-9(4-2-8)16-5-6-17-7-10(13)11(14)15/h1-4,10H,5-7,13H2,(H,14,15)/t10-/m0/s1. The molecule has 0 fully saturated rings. The van der Waals surface area contributed by atoms with Gasteiger partial charge in [0.15, 0.2) is 0 Å². The minimum absolute atomic E-state index is 0.402. The fraction of sp³-hybridized carbons (Fsp3) is 0.364. The molecule has 0 saturated heterocycles. The fourth-order valence-electron chi connectivity index (χ4n) is 1.03. The van der Waals surface area contributed by atoms with Crippen molar-refractivity contribution in [3.63, 3.8) is 0 Å². The van der Waals surface area contributed by atoms with E-state index in [-0.39, 0.29) is 0 Å². The number of nitrogens with two attached hydrogens (primary N) is 1. The third kappa shape index (κ3) is 5.95. The topological polar surface area (TPSA) is 72.5 Å². The van der Waals surface area contributed by atoms with Crippen LogP contribution in [0.2, 0.25) is 0 Å². The summed E-state index contributed by atoms with van der Waals surface area (Å²) in [5.74, 6) is 0.957. The lowest BCUT2D eigenvalue weighted by atomic mass is 10.3. The van der Waals surface area contributed by atoms with Crippen molar-refractivity contribution in [2.45, 2.75) is 6.04 Å². The average molecular weight is 320 g/mol. The van der Waals surface area contributed by atoms with Crippen molar-refractivity contribution < 1.29 is 14.6 Å². The number of aliphatic carboxylic acids is 1. The van der Waals surface area contributed by atoms with Crippen LogP contribution in [-0.2, 0) is 4.79 Å². The second-order valence-electron chi connectivity index (χ2n) is 3.32. The summed E-state index contributed by atoms with van der Waals surface area (Å²) in [6, 6.07) is 6.76. The lowest BCUT2D eigenvalue weighted by Gasteiger charge is -2.07. The summed E-state index contributed by atoms with van der Waals surface area (Å²) in [6.45, 7) is 0.540. The smallest absolute Gasteiger partial charge is 0.321 e. The van der Waals surface area contributed by atoms with Gasteiger partial charge in [0.25, 0.3) is 0 Å². The highest BCUT2D eigenvalue weighted by Crippen LogP contribution is 2.16. The Hall–Kier alpha value is -0.720. The van der Waals surface area contributed by atoms with Crippen LogP contribution in [-0.4, -0.2) is 35.2 Å². The molecule has 1 aromatic carbocycles. The molecular weight excluding hydrogens is 306 g/mol. The van der Waals surface area contributed by atoms with E-state index >= 15 is 0 Å². The van der Waals surface area contributed by atoms with Gasteiger partial charge in [0.1, 0.15) is 11.8 Å². The van der Waals surface area contributed by atoms with Crippen molar-refractivity contribution >= 4 is 33.7 Å². The average Bonchev–Trinajstić information content (AvgIpc) is 2.30. The SMILES string of the molecule is N[C@@H](CSCCOc1ccc(Br)cc1)C(=O)O. The number of hydrogen-bond donors (Lipinski definition) is 2. The molecule has 1 rings (SSSR count). The molecule has 0 spiro atoms. The number of thioether (sulfide) groups is 1. The highest BCUT2D eigenvalue weighted by Gasteiger charge is 2.10. The van der Waals surface area contributed by atoms with Crippen LogP contribution in [0.4, 0.5) is 0 Å². The van der Waals surface area contributed by atoms with E-state index in [1.807, 2.05) is 24.3 Å². The van der Waals surface area contributed by atoms with Gasteiger partial charge in [-0.05, 0) is 24.3 Å². The highest BCUT2D eigenvalue weighted by atomic mass is 79.9. The molecule has 1 atom stereocenters. The summed E-state index contributed by atoms with van der Waals surface area (Å²) >= 11 is 4.81. The quantitative estimate of drug-likeness (QED) is 0.752. The zero-order valence-corrected chi connectivity index (χ0v) is 11.5. The predicted octanol–water partition coefficient (Wildman–Crippen LogP) is 1.97. The maximum atomic E-state index is 10.4. The fourth-order valence-corrected chi connectivity index (χ4v) is 2.06. The zero-order chi connectivity index (χ0) is 12.7. The lowest BCUT2D eigenvalue weighted by molar-refractivity contribution is -0.137. The first-order chi connectivity index (χ1) is 8.09. The summed E-state index contributed by atoms with van der Waals surface area (Å²) < 4.78 is 6.48. The van der Waals surface area contributed by atoms with E-state index < -0.39 is 12.0 Å². The Morgan fingerprint density at radius 3 is 2.71 bits per heavy atom. The molecule has 0 unspecified atom stereocenters. The maximum Gasteiger partial charge on any atom is 0.321 e. The van der Waals surface area contributed by atoms with E-state index in [4.69, 9.17) is 15.6 Å². The molecule has 6 heteroatoms. The Bertz CT molecular complexity index is 358. The van der Waals surface area contributed by atoms with Crippen LogP contribution in [0, 0.1) is 0 Å². The van der Waals surface area contributed by atoms with E-state index in [9.17, 15) is 4.79 Å². The van der Waals surface area contributed by atoms with E-state index in [0.29, 0.717) is 12.4 Å². The van der Waals surface area contributed by atoms with Gasteiger partial charge >= 0.3 is 5.97 Å². The second-order valence-corrected chi connectivity index (χ2v) is 5.39. The molecule has 4 nitrogen and oxygen atoms in total. The Labute approximate surface area is 113 Å². The number of carboxylic acid groups (broad SMARTS) is 1. The normalized spacial score (nSPS) is 12.1. The molecule has 0 aromatic heterocycles. The van der Waals surface area contributed by atoms with Gasteiger partial charge in [-0.2, -0.15) is 11.8 Å². The first-order valence-electron chi connectivity index (χ1n) is 5.04.